The zero-order valence-corrected chi connectivity index (χ0v) is 21.8. The number of methoxy groups -OCH3 is 1. The van der Waals surface area contributed by atoms with Crippen LogP contribution in [-0.2, 0) is 31.5 Å². The fourth-order valence-corrected chi connectivity index (χ4v) is 7.07. The minimum absolute atomic E-state index is 0.0103. The molecule has 2 aromatic rings. The van der Waals surface area contributed by atoms with Crippen molar-refractivity contribution in [1.29, 1.82) is 0 Å². The lowest BCUT2D eigenvalue weighted by Crippen LogP contribution is -2.69. The summed E-state index contributed by atoms with van der Waals surface area (Å²) in [5.74, 6) is 0.959. The van der Waals surface area contributed by atoms with Gasteiger partial charge in [-0.2, -0.15) is 0 Å². The van der Waals surface area contributed by atoms with Crippen LogP contribution >= 0.6 is 0 Å². The molecule has 2 amide bonds. The summed E-state index contributed by atoms with van der Waals surface area (Å²) in [4.78, 5) is 31.1. The van der Waals surface area contributed by atoms with Crippen molar-refractivity contribution >= 4 is 22.7 Å². The highest BCUT2D eigenvalue weighted by molar-refractivity contribution is 5.91. The van der Waals surface area contributed by atoms with E-state index in [9.17, 15) is 14.7 Å². The predicted molar refractivity (Wildman–Crippen MR) is 136 cm³/mol. The number of benzene rings is 1. The summed E-state index contributed by atoms with van der Waals surface area (Å²) in [6, 6.07) is 5.64. The summed E-state index contributed by atoms with van der Waals surface area (Å²) in [6.07, 6.45) is 2.94. The van der Waals surface area contributed by atoms with Crippen molar-refractivity contribution in [3.8, 4) is 5.75 Å². The van der Waals surface area contributed by atoms with Crippen molar-refractivity contribution < 1.29 is 28.9 Å². The van der Waals surface area contributed by atoms with Gasteiger partial charge < -0.3 is 33.7 Å². The molecule has 4 aliphatic rings. The lowest BCUT2D eigenvalue weighted by Gasteiger charge is -2.57. The van der Waals surface area contributed by atoms with Crippen molar-refractivity contribution in [2.24, 2.45) is 18.9 Å². The minimum atomic E-state index is -0.431. The summed E-state index contributed by atoms with van der Waals surface area (Å²) < 4.78 is 18.6. The van der Waals surface area contributed by atoms with E-state index in [-0.39, 0.29) is 35.7 Å². The molecule has 3 saturated heterocycles. The van der Waals surface area contributed by atoms with Gasteiger partial charge in [0.25, 0.3) is 0 Å². The largest absolute Gasteiger partial charge is 0.497 e. The van der Waals surface area contributed by atoms with Gasteiger partial charge in [0.05, 0.1) is 30.7 Å². The number of hydrogen-bond donors (Lipinski definition) is 1. The number of rotatable bonds is 4. The third-order valence-electron chi connectivity index (χ3n) is 9.04. The van der Waals surface area contributed by atoms with E-state index in [1.165, 1.54) is 5.56 Å². The van der Waals surface area contributed by atoms with E-state index in [0.29, 0.717) is 58.9 Å². The summed E-state index contributed by atoms with van der Waals surface area (Å²) in [5.41, 5.74) is 2.78. The van der Waals surface area contributed by atoms with E-state index in [1.54, 1.807) is 7.11 Å². The van der Waals surface area contributed by atoms with Gasteiger partial charge in [-0.05, 0) is 43.4 Å². The van der Waals surface area contributed by atoms with Crippen molar-refractivity contribution in [3.63, 3.8) is 0 Å². The highest BCUT2D eigenvalue weighted by atomic mass is 16.5. The van der Waals surface area contributed by atoms with Crippen molar-refractivity contribution in [1.82, 2.24) is 14.4 Å². The molecular formula is C28H37N3O6. The first-order valence-corrected chi connectivity index (χ1v) is 13.5. The molecule has 200 valence electrons. The number of aliphatic hydroxyl groups excluding tert-OH is 1. The van der Waals surface area contributed by atoms with E-state index in [4.69, 9.17) is 14.2 Å². The minimum Gasteiger partial charge on any atom is -0.497 e. The molecule has 1 N–H and O–H groups in total. The van der Waals surface area contributed by atoms with Crippen molar-refractivity contribution in [3.05, 3.63) is 29.5 Å². The topological polar surface area (TPSA) is 93.5 Å². The Balaban J connectivity index is 1.41. The van der Waals surface area contributed by atoms with Gasteiger partial charge in [-0.25, -0.2) is 0 Å². The molecule has 0 unspecified atom stereocenters. The maximum absolute atomic E-state index is 13.9. The number of nitrogens with zero attached hydrogens (tertiary/aromatic N) is 3. The molecule has 1 atom stereocenters. The Morgan fingerprint density at radius 1 is 1.00 bits per heavy atom. The van der Waals surface area contributed by atoms with Crippen LogP contribution in [0, 0.1) is 11.8 Å². The van der Waals surface area contributed by atoms with Crippen LogP contribution in [0.3, 0.4) is 0 Å². The van der Waals surface area contributed by atoms with Gasteiger partial charge in [0, 0.05) is 82.1 Å². The van der Waals surface area contributed by atoms with E-state index in [0.717, 1.165) is 35.2 Å². The highest BCUT2D eigenvalue weighted by Crippen LogP contribution is 2.50. The molecule has 1 spiro atoms. The number of aromatic nitrogens is 1. The molecule has 4 aliphatic heterocycles. The summed E-state index contributed by atoms with van der Waals surface area (Å²) in [5, 5.41) is 11.7. The molecule has 9 nitrogen and oxygen atoms in total. The number of likely N-dealkylation sites (tertiary alicyclic amines) is 1. The molecular weight excluding hydrogens is 474 g/mol. The Bertz CT molecular complexity index is 1190. The van der Waals surface area contributed by atoms with Crippen LogP contribution < -0.4 is 4.74 Å². The number of aryl methyl sites for hydroxylation is 1. The van der Waals surface area contributed by atoms with E-state index in [2.05, 4.69) is 10.6 Å². The summed E-state index contributed by atoms with van der Waals surface area (Å²) in [7, 11) is 3.66. The molecule has 3 fully saturated rings. The Morgan fingerprint density at radius 2 is 1.62 bits per heavy atom. The van der Waals surface area contributed by atoms with Gasteiger partial charge in [-0.1, -0.05) is 0 Å². The first-order valence-electron chi connectivity index (χ1n) is 13.5. The molecule has 9 heteroatoms. The van der Waals surface area contributed by atoms with Crippen LogP contribution in [0.4, 0.5) is 0 Å². The average molecular weight is 512 g/mol. The SMILES string of the molecule is COc1ccc2c3c(n(C)c2c1)[C@H](CO)N(C(=O)C1CCOCC1)CC31CN(C(=O)C2CCOCC2)C1. The second-order valence-corrected chi connectivity index (χ2v) is 11.1. The van der Waals surface area contributed by atoms with Crippen LogP contribution in [0.25, 0.3) is 10.9 Å². The Morgan fingerprint density at radius 3 is 2.22 bits per heavy atom. The molecule has 6 rings (SSSR count). The number of ether oxygens (including phenoxy) is 3. The molecule has 5 heterocycles. The molecule has 1 aromatic heterocycles. The Kier molecular flexibility index (Phi) is 6.41. The van der Waals surface area contributed by atoms with Crippen LogP contribution in [0.5, 0.6) is 5.75 Å². The first-order chi connectivity index (χ1) is 18.0. The zero-order valence-electron chi connectivity index (χ0n) is 21.8. The van der Waals surface area contributed by atoms with Gasteiger partial charge in [0.2, 0.25) is 11.8 Å². The Hall–Kier alpha value is -2.62. The monoisotopic (exact) mass is 511 g/mol. The average Bonchev–Trinajstić information content (AvgIpc) is 3.23. The number of aliphatic hydroxyl groups is 1. The number of carbonyl (C=O) groups is 2. The molecule has 1 aromatic carbocycles. The maximum Gasteiger partial charge on any atom is 0.226 e. The number of fused-ring (bicyclic) bond motifs is 4. The molecule has 0 radical (unpaired) electrons. The molecule has 0 bridgehead atoms. The third kappa shape index (κ3) is 3.94. The van der Waals surface area contributed by atoms with E-state index >= 15 is 0 Å². The lowest BCUT2D eigenvalue weighted by atomic mass is 9.68. The van der Waals surface area contributed by atoms with Gasteiger partial charge in [-0.3, -0.25) is 9.59 Å². The van der Waals surface area contributed by atoms with Gasteiger partial charge in [-0.15, -0.1) is 0 Å². The van der Waals surface area contributed by atoms with Crippen molar-refractivity contribution in [2.45, 2.75) is 37.1 Å². The van der Waals surface area contributed by atoms with E-state index in [1.807, 2.05) is 29.0 Å². The molecule has 37 heavy (non-hydrogen) atoms. The van der Waals surface area contributed by atoms with Gasteiger partial charge >= 0.3 is 0 Å². The van der Waals surface area contributed by atoms with Crippen LogP contribution in [-0.4, -0.2) is 91.1 Å². The van der Waals surface area contributed by atoms with Gasteiger partial charge in [0.15, 0.2) is 0 Å². The standard InChI is InChI=1S/C28H37N3O6/c1-29-22-13-20(35-2)3-4-21(22)24-25(29)23(14-32)31(27(34)19-7-11-37-12-8-19)17-28(24)15-30(16-28)26(33)18-5-9-36-10-6-18/h3-4,13,18-19,23,32H,5-12,14-17H2,1-2H3/t23-/m0/s1. The van der Waals surface area contributed by atoms with Crippen LogP contribution in [0.15, 0.2) is 18.2 Å². The fraction of sp³-hybridized carbons (Fsp3) is 0.643. The number of amides is 2. The van der Waals surface area contributed by atoms with E-state index < -0.39 is 6.04 Å². The normalized spacial score (nSPS) is 24.2. The summed E-state index contributed by atoms with van der Waals surface area (Å²) >= 11 is 0. The number of hydrogen-bond acceptors (Lipinski definition) is 6. The fourth-order valence-electron chi connectivity index (χ4n) is 7.07. The van der Waals surface area contributed by atoms with Crippen LogP contribution in [0.1, 0.15) is 43.0 Å². The third-order valence-corrected chi connectivity index (χ3v) is 9.04. The lowest BCUT2D eigenvalue weighted by molar-refractivity contribution is -0.153. The second-order valence-electron chi connectivity index (χ2n) is 11.1. The predicted octanol–water partition coefficient (Wildman–Crippen LogP) is 2.00. The first kappa shape index (κ1) is 24.7. The summed E-state index contributed by atoms with van der Waals surface area (Å²) in [6.45, 7) is 3.96. The molecule has 0 aliphatic carbocycles. The van der Waals surface area contributed by atoms with Gasteiger partial charge in [0.1, 0.15) is 5.75 Å². The Labute approximate surface area is 217 Å². The number of carbonyl (C=O) groups excluding carboxylic acids is 2. The molecule has 0 saturated carbocycles. The quantitative estimate of drug-likeness (QED) is 0.675. The van der Waals surface area contributed by atoms with Crippen LogP contribution in [0.2, 0.25) is 0 Å². The van der Waals surface area contributed by atoms with Crippen molar-refractivity contribution in [2.75, 3.05) is 59.8 Å². The zero-order chi connectivity index (χ0) is 25.7. The second kappa shape index (κ2) is 9.60. The smallest absolute Gasteiger partial charge is 0.226 e. The highest BCUT2D eigenvalue weighted by Gasteiger charge is 2.56. The maximum atomic E-state index is 13.9.